The molecule has 2 aromatic carbocycles. The van der Waals surface area contributed by atoms with Gasteiger partial charge in [0.05, 0.1) is 22.5 Å². The minimum absolute atomic E-state index is 0.183. The summed E-state index contributed by atoms with van der Waals surface area (Å²) in [5.74, 6) is -2.16. The average Bonchev–Trinajstić information content (AvgIpc) is 3.34. The molecule has 5 rings (SSSR count). The maximum absolute atomic E-state index is 13.6. The average molecular weight is 438 g/mol. The molecule has 0 bridgehead atoms. The first-order chi connectivity index (χ1) is 15.0. The number of halogens is 1. The standard InChI is InChI=1S/C24H24ClN3O3/c1-2-3-12-28-21(29)18-17(13-14-8-5-4-6-9-14)27-24(19(18)22(28)30)15-10-7-11-16(25)20(15)26-23(24)31/h4-11,17-19,27H,2-3,12-13H2,1H3,(H,26,31). The number of imide groups is 1. The Bertz CT molecular complexity index is 1070. The van der Waals surface area contributed by atoms with Crippen LogP contribution in [0.15, 0.2) is 48.5 Å². The Morgan fingerprint density at radius 3 is 2.55 bits per heavy atom. The van der Waals surface area contributed by atoms with Gasteiger partial charge in [-0.25, -0.2) is 0 Å². The van der Waals surface area contributed by atoms with Crippen molar-refractivity contribution in [1.82, 2.24) is 10.2 Å². The van der Waals surface area contributed by atoms with Gasteiger partial charge in [0.2, 0.25) is 17.7 Å². The molecule has 0 aliphatic carbocycles. The van der Waals surface area contributed by atoms with Crippen LogP contribution in [0.4, 0.5) is 5.69 Å². The third-order valence-corrected chi connectivity index (χ3v) is 7.14. The lowest BCUT2D eigenvalue weighted by Crippen LogP contribution is -2.53. The lowest BCUT2D eigenvalue weighted by Gasteiger charge is -2.29. The van der Waals surface area contributed by atoms with Crippen molar-refractivity contribution in [3.63, 3.8) is 0 Å². The first-order valence-electron chi connectivity index (χ1n) is 10.8. The Morgan fingerprint density at radius 2 is 1.81 bits per heavy atom. The van der Waals surface area contributed by atoms with Crippen molar-refractivity contribution in [2.75, 3.05) is 11.9 Å². The van der Waals surface area contributed by atoms with Gasteiger partial charge in [0.15, 0.2) is 0 Å². The maximum atomic E-state index is 13.6. The largest absolute Gasteiger partial charge is 0.323 e. The molecule has 7 heteroatoms. The molecule has 2 aromatic rings. The van der Waals surface area contributed by atoms with Crippen molar-refractivity contribution in [2.24, 2.45) is 11.8 Å². The van der Waals surface area contributed by atoms with E-state index in [4.69, 9.17) is 11.6 Å². The SMILES string of the molecule is CCCCN1C(=O)C2C(Cc3ccccc3)NC3(C(=O)Nc4c(Cl)cccc43)C2C1=O. The number of unbranched alkanes of at least 4 members (excludes halogenated alkanes) is 1. The first-order valence-corrected chi connectivity index (χ1v) is 11.1. The molecule has 4 unspecified atom stereocenters. The number of hydrogen-bond donors (Lipinski definition) is 2. The summed E-state index contributed by atoms with van der Waals surface area (Å²) in [6.07, 6.45) is 2.17. The van der Waals surface area contributed by atoms with Crippen LogP contribution in [0, 0.1) is 11.8 Å². The molecule has 6 nitrogen and oxygen atoms in total. The van der Waals surface area contributed by atoms with E-state index in [9.17, 15) is 14.4 Å². The van der Waals surface area contributed by atoms with Crippen molar-refractivity contribution >= 4 is 35.0 Å². The van der Waals surface area contributed by atoms with Gasteiger partial charge in [-0.05, 0) is 24.5 Å². The number of benzene rings is 2. The van der Waals surface area contributed by atoms with E-state index < -0.39 is 17.4 Å². The van der Waals surface area contributed by atoms with Crippen LogP contribution in [0.1, 0.15) is 30.9 Å². The van der Waals surface area contributed by atoms with Gasteiger partial charge in [0.1, 0.15) is 5.54 Å². The van der Waals surface area contributed by atoms with Gasteiger partial charge < -0.3 is 5.32 Å². The van der Waals surface area contributed by atoms with Gasteiger partial charge in [0.25, 0.3) is 0 Å². The highest BCUT2D eigenvalue weighted by molar-refractivity contribution is 6.35. The Balaban J connectivity index is 1.62. The molecule has 2 N–H and O–H groups in total. The van der Waals surface area contributed by atoms with Crippen LogP contribution in [0.25, 0.3) is 0 Å². The lowest BCUT2D eigenvalue weighted by molar-refractivity contribution is -0.142. The van der Waals surface area contributed by atoms with E-state index in [1.807, 2.05) is 43.3 Å². The third-order valence-electron chi connectivity index (χ3n) is 6.82. The molecule has 160 valence electrons. The number of hydrogen-bond acceptors (Lipinski definition) is 4. The third kappa shape index (κ3) is 2.85. The van der Waals surface area contributed by atoms with Gasteiger partial charge in [-0.3, -0.25) is 24.6 Å². The highest BCUT2D eigenvalue weighted by Crippen LogP contribution is 2.54. The molecular formula is C24H24ClN3O3. The number of nitrogens with zero attached hydrogens (tertiary/aromatic N) is 1. The van der Waals surface area contributed by atoms with Crippen molar-refractivity contribution in [3.8, 4) is 0 Å². The second-order valence-corrected chi connectivity index (χ2v) is 8.96. The summed E-state index contributed by atoms with van der Waals surface area (Å²) in [4.78, 5) is 41.8. The van der Waals surface area contributed by atoms with Gasteiger partial charge in [-0.15, -0.1) is 0 Å². The summed E-state index contributed by atoms with van der Waals surface area (Å²) in [6.45, 7) is 2.41. The van der Waals surface area contributed by atoms with Crippen LogP contribution in [0.3, 0.4) is 0 Å². The van der Waals surface area contributed by atoms with E-state index in [0.29, 0.717) is 29.2 Å². The van der Waals surface area contributed by atoms with Crippen LogP contribution < -0.4 is 10.6 Å². The van der Waals surface area contributed by atoms with Crippen LogP contribution in [-0.4, -0.2) is 35.2 Å². The molecule has 0 radical (unpaired) electrons. The van der Waals surface area contributed by atoms with E-state index in [0.717, 1.165) is 18.4 Å². The zero-order chi connectivity index (χ0) is 21.8. The van der Waals surface area contributed by atoms with Crippen LogP contribution in [0.2, 0.25) is 5.02 Å². The molecule has 3 aliphatic heterocycles. The zero-order valence-electron chi connectivity index (χ0n) is 17.2. The molecule has 0 aromatic heterocycles. The van der Waals surface area contributed by atoms with Gasteiger partial charge in [-0.1, -0.05) is 67.4 Å². The fourth-order valence-electron chi connectivity index (χ4n) is 5.43. The quantitative estimate of drug-likeness (QED) is 0.704. The van der Waals surface area contributed by atoms with Gasteiger partial charge in [-0.2, -0.15) is 0 Å². The van der Waals surface area contributed by atoms with Crippen LogP contribution in [-0.2, 0) is 26.3 Å². The molecule has 31 heavy (non-hydrogen) atoms. The number of amides is 3. The summed E-state index contributed by atoms with van der Waals surface area (Å²) >= 11 is 6.36. The fraction of sp³-hybridized carbons (Fsp3) is 0.375. The highest BCUT2D eigenvalue weighted by Gasteiger charge is 2.70. The number of carbonyl (C=O) groups is 3. The second-order valence-electron chi connectivity index (χ2n) is 8.55. The zero-order valence-corrected chi connectivity index (χ0v) is 18.0. The molecule has 3 amide bonds. The van der Waals surface area contributed by atoms with E-state index in [2.05, 4.69) is 10.6 Å². The summed E-state index contributed by atoms with van der Waals surface area (Å²) in [6, 6.07) is 14.8. The van der Waals surface area contributed by atoms with Crippen LogP contribution in [0.5, 0.6) is 0 Å². The van der Waals surface area contributed by atoms with Crippen molar-refractivity contribution in [3.05, 3.63) is 64.7 Å². The Morgan fingerprint density at radius 1 is 1.03 bits per heavy atom. The Hall–Kier alpha value is -2.70. The predicted molar refractivity (Wildman–Crippen MR) is 117 cm³/mol. The number of nitrogens with one attached hydrogen (secondary N) is 2. The Labute approximate surface area is 185 Å². The summed E-state index contributed by atoms with van der Waals surface area (Å²) < 4.78 is 0. The number of para-hydroxylation sites is 1. The minimum atomic E-state index is -1.29. The molecular weight excluding hydrogens is 414 g/mol. The highest BCUT2D eigenvalue weighted by atomic mass is 35.5. The van der Waals surface area contributed by atoms with Crippen molar-refractivity contribution in [2.45, 2.75) is 37.8 Å². The molecule has 3 heterocycles. The summed E-state index contributed by atoms with van der Waals surface area (Å²) in [5, 5.41) is 6.75. The number of carbonyl (C=O) groups excluding carboxylic acids is 3. The number of fused-ring (bicyclic) bond motifs is 4. The summed E-state index contributed by atoms with van der Waals surface area (Å²) in [5.41, 5.74) is 0.924. The van der Waals surface area contributed by atoms with Crippen molar-refractivity contribution < 1.29 is 14.4 Å². The fourth-order valence-corrected chi connectivity index (χ4v) is 5.65. The van der Waals surface area contributed by atoms with Crippen molar-refractivity contribution in [1.29, 1.82) is 0 Å². The number of likely N-dealkylation sites (tertiary alicyclic amines) is 1. The smallest absolute Gasteiger partial charge is 0.250 e. The van der Waals surface area contributed by atoms with E-state index in [1.54, 1.807) is 12.1 Å². The minimum Gasteiger partial charge on any atom is -0.323 e. The second kappa shape index (κ2) is 7.46. The van der Waals surface area contributed by atoms with Crippen LogP contribution >= 0.6 is 11.6 Å². The van der Waals surface area contributed by atoms with E-state index >= 15 is 0 Å². The Kier molecular flexibility index (Phi) is 4.87. The lowest BCUT2D eigenvalue weighted by atomic mass is 9.76. The molecule has 2 saturated heterocycles. The predicted octanol–water partition coefficient (Wildman–Crippen LogP) is 3.10. The molecule has 0 saturated carbocycles. The van der Waals surface area contributed by atoms with E-state index in [1.165, 1.54) is 4.90 Å². The normalized spacial score (nSPS) is 28.9. The summed E-state index contributed by atoms with van der Waals surface area (Å²) in [7, 11) is 0. The van der Waals surface area contributed by atoms with E-state index in [-0.39, 0.29) is 23.8 Å². The molecule has 1 spiro atoms. The first kappa shape index (κ1) is 20.2. The maximum Gasteiger partial charge on any atom is 0.250 e. The number of anilines is 1. The van der Waals surface area contributed by atoms with Gasteiger partial charge >= 0.3 is 0 Å². The molecule has 4 atom stereocenters. The monoisotopic (exact) mass is 437 g/mol. The number of rotatable bonds is 5. The molecule has 2 fully saturated rings. The topological polar surface area (TPSA) is 78.5 Å². The molecule has 3 aliphatic rings. The van der Waals surface area contributed by atoms with Gasteiger partial charge in [0, 0.05) is 18.2 Å².